The Bertz CT molecular complexity index is 553. The fourth-order valence-electron chi connectivity index (χ4n) is 2.37. The van der Waals surface area contributed by atoms with Crippen LogP contribution in [0.3, 0.4) is 0 Å². The number of hydrogen-bond acceptors (Lipinski definition) is 4. The van der Waals surface area contributed by atoms with Crippen LogP contribution in [0.15, 0.2) is 12.3 Å². The van der Waals surface area contributed by atoms with Crippen molar-refractivity contribution in [3.05, 3.63) is 18.0 Å². The highest BCUT2D eigenvalue weighted by Crippen LogP contribution is 2.25. The predicted octanol–water partition coefficient (Wildman–Crippen LogP) is -0.332. The summed E-state index contributed by atoms with van der Waals surface area (Å²) in [7, 11) is 1.67. The van der Waals surface area contributed by atoms with E-state index in [1.54, 1.807) is 19.3 Å². The standard InChI is InChI=1S/C12H15N3O5/c1-14-4-3-9(13-14)10(16)15-5-2-7(11(17)18)8(6-15)12(19)20/h3-4,7-8H,2,5-6H2,1H3,(H,17,18)(H,19,20). The second kappa shape index (κ2) is 5.32. The normalized spacial score (nSPS) is 22.6. The Morgan fingerprint density at radius 1 is 1.25 bits per heavy atom. The van der Waals surface area contributed by atoms with Crippen molar-refractivity contribution < 1.29 is 24.6 Å². The van der Waals surface area contributed by atoms with Crippen molar-refractivity contribution in [2.75, 3.05) is 13.1 Å². The summed E-state index contributed by atoms with van der Waals surface area (Å²) in [5.41, 5.74) is 0.227. The maximum Gasteiger partial charge on any atom is 0.309 e. The van der Waals surface area contributed by atoms with Crippen molar-refractivity contribution in [3.63, 3.8) is 0 Å². The molecule has 1 saturated heterocycles. The molecule has 1 fully saturated rings. The van der Waals surface area contributed by atoms with Crippen molar-refractivity contribution in [2.45, 2.75) is 6.42 Å². The van der Waals surface area contributed by atoms with Gasteiger partial charge in [-0.15, -0.1) is 0 Å². The van der Waals surface area contributed by atoms with Crippen LogP contribution in [0.4, 0.5) is 0 Å². The lowest BCUT2D eigenvalue weighted by molar-refractivity contribution is -0.156. The summed E-state index contributed by atoms with van der Waals surface area (Å²) >= 11 is 0. The van der Waals surface area contributed by atoms with Crippen LogP contribution in [0.25, 0.3) is 0 Å². The first-order valence-electron chi connectivity index (χ1n) is 6.14. The monoisotopic (exact) mass is 281 g/mol. The molecule has 0 bridgehead atoms. The second-order valence-electron chi connectivity index (χ2n) is 4.80. The number of hydrogen-bond donors (Lipinski definition) is 2. The number of amides is 1. The zero-order valence-electron chi connectivity index (χ0n) is 10.9. The van der Waals surface area contributed by atoms with E-state index in [0.717, 1.165) is 0 Å². The Morgan fingerprint density at radius 3 is 2.40 bits per heavy atom. The number of rotatable bonds is 3. The molecule has 0 aliphatic carbocycles. The molecule has 1 aromatic rings. The predicted molar refractivity (Wildman–Crippen MR) is 66.0 cm³/mol. The molecule has 1 amide bonds. The second-order valence-corrected chi connectivity index (χ2v) is 4.80. The average molecular weight is 281 g/mol. The van der Waals surface area contributed by atoms with E-state index in [0.29, 0.717) is 0 Å². The van der Waals surface area contributed by atoms with Crippen LogP contribution in [0.5, 0.6) is 0 Å². The van der Waals surface area contributed by atoms with Gasteiger partial charge in [0.05, 0.1) is 11.8 Å². The molecule has 0 spiro atoms. The van der Waals surface area contributed by atoms with Crippen molar-refractivity contribution in [3.8, 4) is 0 Å². The van der Waals surface area contributed by atoms with E-state index in [-0.39, 0.29) is 31.1 Å². The summed E-state index contributed by atoms with van der Waals surface area (Å²) in [5, 5.41) is 22.1. The molecule has 2 rings (SSSR count). The van der Waals surface area contributed by atoms with Crippen LogP contribution in [-0.2, 0) is 16.6 Å². The van der Waals surface area contributed by atoms with Gasteiger partial charge in [0.2, 0.25) is 0 Å². The SMILES string of the molecule is Cn1ccc(C(=O)N2CCC(C(=O)O)C(C(=O)O)C2)n1. The number of carbonyl (C=O) groups is 3. The molecular weight excluding hydrogens is 266 g/mol. The van der Waals surface area contributed by atoms with E-state index in [1.807, 2.05) is 0 Å². The van der Waals surface area contributed by atoms with Crippen LogP contribution in [0.2, 0.25) is 0 Å². The lowest BCUT2D eigenvalue weighted by Gasteiger charge is -2.34. The summed E-state index contributed by atoms with van der Waals surface area (Å²) in [5.74, 6) is -4.76. The molecule has 1 aliphatic heterocycles. The Balaban J connectivity index is 2.14. The van der Waals surface area contributed by atoms with Gasteiger partial charge >= 0.3 is 11.9 Å². The molecule has 8 heteroatoms. The largest absolute Gasteiger partial charge is 0.481 e. The van der Waals surface area contributed by atoms with Gasteiger partial charge in [0.15, 0.2) is 0 Å². The Kier molecular flexibility index (Phi) is 3.73. The maximum atomic E-state index is 12.2. The molecule has 8 nitrogen and oxygen atoms in total. The van der Waals surface area contributed by atoms with Gasteiger partial charge in [-0.05, 0) is 12.5 Å². The molecule has 0 saturated carbocycles. The highest BCUT2D eigenvalue weighted by atomic mass is 16.4. The molecule has 0 aromatic carbocycles. The fourth-order valence-corrected chi connectivity index (χ4v) is 2.37. The Morgan fingerprint density at radius 2 is 1.90 bits per heavy atom. The lowest BCUT2D eigenvalue weighted by Crippen LogP contribution is -2.48. The van der Waals surface area contributed by atoms with E-state index < -0.39 is 23.8 Å². The smallest absolute Gasteiger partial charge is 0.309 e. The molecule has 108 valence electrons. The molecule has 20 heavy (non-hydrogen) atoms. The van der Waals surface area contributed by atoms with E-state index in [1.165, 1.54) is 9.58 Å². The van der Waals surface area contributed by atoms with E-state index in [2.05, 4.69) is 5.10 Å². The first-order chi connectivity index (χ1) is 9.40. The first kappa shape index (κ1) is 14.0. The van der Waals surface area contributed by atoms with Crippen molar-refractivity contribution in [1.82, 2.24) is 14.7 Å². The molecule has 2 atom stereocenters. The number of carbonyl (C=O) groups excluding carboxylic acids is 1. The fraction of sp³-hybridized carbons (Fsp3) is 0.500. The van der Waals surface area contributed by atoms with Crippen LogP contribution in [-0.4, -0.2) is 55.8 Å². The summed E-state index contributed by atoms with van der Waals surface area (Å²) in [6, 6.07) is 1.54. The molecule has 2 unspecified atom stereocenters. The number of aliphatic carboxylic acids is 2. The summed E-state index contributed by atoms with van der Waals surface area (Å²) in [6.07, 6.45) is 1.75. The minimum Gasteiger partial charge on any atom is -0.481 e. The van der Waals surface area contributed by atoms with Crippen LogP contribution in [0.1, 0.15) is 16.9 Å². The topological polar surface area (TPSA) is 113 Å². The third-order valence-corrected chi connectivity index (χ3v) is 3.47. The lowest BCUT2D eigenvalue weighted by atomic mass is 9.85. The van der Waals surface area contributed by atoms with Gasteiger partial charge in [0, 0.05) is 26.3 Å². The number of nitrogens with zero attached hydrogens (tertiary/aromatic N) is 3. The number of piperidine rings is 1. The molecule has 1 aliphatic rings. The van der Waals surface area contributed by atoms with Gasteiger partial charge in [0.25, 0.3) is 5.91 Å². The molecule has 0 radical (unpaired) electrons. The maximum absolute atomic E-state index is 12.2. The Labute approximate surface area is 114 Å². The number of carboxylic acid groups (broad SMARTS) is 2. The molecule has 1 aromatic heterocycles. The number of aromatic nitrogens is 2. The zero-order chi connectivity index (χ0) is 14.9. The van der Waals surface area contributed by atoms with E-state index >= 15 is 0 Å². The Hall–Kier alpha value is -2.38. The first-order valence-corrected chi connectivity index (χ1v) is 6.14. The minimum atomic E-state index is -1.20. The summed E-state index contributed by atoms with van der Waals surface area (Å²) < 4.78 is 1.48. The molecular formula is C12H15N3O5. The third kappa shape index (κ3) is 2.63. The van der Waals surface area contributed by atoms with Crippen LogP contribution < -0.4 is 0 Å². The van der Waals surface area contributed by atoms with Crippen molar-refractivity contribution in [1.29, 1.82) is 0 Å². The van der Waals surface area contributed by atoms with Gasteiger partial charge in [-0.2, -0.15) is 5.10 Å². The average Bonchev–Trinajstić information content (AvgIpc) is 2.83. The van der Waals surface area contributed by atoms with Gasteiger partial charge in [-0.3, -0.25) is 19.1 Å². The zero-order valence-corrected chi connectivity index (χ0v) is 10.9. The third-order valence-electron chi connectivity index (χ3n) is 3.47. The van der Waals surface area contributed by atoms with Crippen molar-refractivity contribution in [2.24, 2.45) is 18.9 Å². The number of likely N-dealkylation sites (tertiary alicyclic amines) is 1. The minimum absolute atomic E-state index is 0.109. The summed E-state index contributed by atoms with van der Waals surface area (Å²) in [4.78, 5) is 35.7. The number of carboxylic acids is 2. The van der Waals surface area contributed by atoms with Gasteiger partial charge in [-0.1, -0.05) is 0 Å². The van der Waals surface area contributed by atoms with E-state index in [9.17, 15) is 14.4 Å². The molecule has 2 N–H and O–H groups in total. The highest BCUT2D eigenvalue weighted by molar-refractivity contribution is 5.93. The quantitative estimate of drug-likeness (QED) is 0.784. The summed E-state index contributed by atoms with van der Waals surface area (Å²) in [6.45, 7) is 0.109. The van der Waals surface area contributed by atoms with Crippen LogP contribution >= 0.6 is 0 Å². The van der Waals surface area contributed by atoms with Gasteiger partial charge in [-0.25, -0.2) is 0 Å². The highest BCUT2D eigenvalue weighted by Gasteiger charge is 2.40. The number of aryl methyl sites for hydroxylation is 1. The molecule has 2 heterocycles. The van der Waals surface area contributed by atoms with Crippen molar-refractivity contribution >= 4 is 17.8 Å². The van der Waals surface area contributed by atoms with E-state index in [4.69, 9.17) is 10.2 Å². The van der Waals surface area contributed by atoms with Gasteiger partial charge < -0.3 is 15.1 Å². The van der Waals surface area contributed by atoms with Gasteiger partial charge in [0.1, 0.15) is 5.69 Å². The van der Waals surface area contributed by atoms with Crippen LogP contribution in [0, 0.1) is 11.8 Å².